The van der Waals surface area contributed by atoms with Crippen molar-refractivity contribution in [1.29, 1.82) is 0 Å². The van der Waals surface area contributed by atoms with Crippen LogP contribution in [-0.4, -0.2) is 11.6 Å². The molecular formula is C14H26O2. The molecular weight excluding hydrogens is 200 g/mol. The van der Waals surface area contributed by atoms with Gasteiger partial charge in [-0.05, 0) is 44.4 Å². The summed E-state index contributed by atoms with van der Waals surface area (Å²) >= 11 is 0. The Bertz CT molecular complexity index is 244. The first-order valence-corrected chi connectivity index (χ1v) is 6.45. The van der Waals surface area contributed by atoms with Crippen LogP contribution >= 0.6 is 0 Å². The smallest absolute Gasteiger partial charge is 0.309 e. The van der Waals surface area contributed by atoms with E-state index < -0.39 is 0 Å². The maximum atomic E-state index is 12.0. The van der Waals surface area contributed by atoms with Gasteiger partial charge >= 0.3 is 5.97 Å². The molecule has 1 aliphatic carbocycles. The van der Waals surface area contributed by atoms with Crippen LogP contribution in [0.5, 0.6) is 0 Å². The molecule has 0 aromatic carbocycles. The molecule has 0 aromatic heterocycles. The Labute approximate surface area is 99.8 Å². The molecule has 16 heavy (non-hydrogen) atoms. The van der Waals surface area contributed by atoms with Crippen molar-refractivity contribution >= 4 is 5.97 Å². The normalized spacial score (nSPS) is 21.8. The van der Waals surface area contributed by atoms with Crippen LogP contribution in [0.4, 0.5) is 0 Å². The van der Waals surface area contributed by atoms with E-state index in [1.807, 2.05) is 6.92 Å². The maximum absolute atomic E-state index is 12.0. The molecule has 0 saturated heterocycles. The Morgan fingerprint density at radius 3 is 2.25 bits per heavy atom. The van der Waals surface area contributed by atoms with Crippen LogP contribution in [-0.2, 0) is 9.53 Å². The third-order valence-electron chi connectivity index (χ3n) is 3.33. The molecule has 0 radical (unpaired) electrons. The third-order valence-corrected chi connectivity index (χ3v) is 3.33. The number of carbonyl (C=O) groups is 1. The number of carbonyl (C=O) groups excluding carboxylic acids is 1. The predicted octanol–water partition coefficient (Wildman–Crippen LogP) is 3.93. The van der Waals surface area contributed by atoms with Crippen molar-refractivity contribution in [2.45, 2.75) is 72.3 Å². The molecule has 0 bridgehead atoms. The lowest BCUT2D eigenvalue weighted by Crippen LogP contribution is -2.32. The van der Waals surface area contributed by atoms with Crippen LogP contribution in [0.25, 0.3) is 0 Å². The number of hydrogen-bond donors (Lipinski definition) is 0. The Morgan fingerprint density at radius 1 is 1.31 bits per heavy atom. The summed E-state index contributed by atoms with van der Waals surface area (Å²) in [4.78, 5) is 12.0. The summed E-state index contributed by atoms with van der Waals surface area (Å²) in [6.45, 7) is 10.5. The van der Waals surface area contributed by atoms with Gasteiger partial charge in [0.25, 0.3) is 0 Å². The fourth-order valence-corrected chi connectivity index (χ4v) is 2.57. The van der Waals surface area contributed by atoms with Crippen molar-refractivity contribution in [3.8, 4) is 0 Å². The second kappa shape index (κ2) is 4.77. The van der Waals surface area contributed by atoms with Gasteiger partial charge in [0.2, 0.25) is 0 Å². The zero-order chi connectivity index (χ0) is 12.4. The molecule has 0 aliphatic heterocycles. The summed E-state index contributed by atoms with van der Waals surface area (Å²) < 4.78 is 5.67. The molecule has 0 spiro atoms. The molecule has 0 heterocycles. The average molecular weight is 226 g/mol. The van der Waals surface area contributed by atoms with E-state index >= 15 is 0 Å². The summed E-state index contributed by atoms with van der Waals surface area (Å²) in [5, 5.41) is 0. The van der Waals surface area contributed by atoms with Gasteiger partial charge in [-0.1, -0.05) is 27.7 Å². The van der Waals surface area contributed by atoms with Crippen LogP contribution in [0.3, 0.4) is 0 Å². The van der Waals surface area contributed by atoms with Crippen molar-refractivity contribution in [2.75, 3.05) is 0 Å². The first kappa shape index (κ1) is 13.5. The Hall–Kier alpha value is -0.530. The van der Waals surface area contributed by atoms with E-state index in [4.69, 9.17) is 4.74 Å². The number of rotatable bonds is 3. The van der Waals surface area contributed by atoms with E-state index in [2.05, 4.69) is 27.7 Å². The summed E-state index contributed by atoms with van der Waals surface area (Å²) in [6.07, 6.45) is 5.33. The first-order valence-electron chi connectivity index (χ1n) is 6.45. The quantitative estimate of drug-likeness (QED) is 0.681. The minimum absolute atomic E-state index is 0.0115. The second-order valence-corrected chi connectivity index (χ2v) is 6.74. The largest absolute Gasteiger partial charge is 0.459 e. The van der Waals surface area contributed by atoms with Gasteiger partial charge in [-0.2, -0.15) is 0 Å². The highest BCUT2D eigenvalue weighted by Crippen LogP contribution is 2.34. The van der Waals surface area contributed by atoms with Crippen molar-refractivity contribution in [3.63, 3.8) is 0 Å². The summed E-state index contributed by atoms with van der Waals surface area (Å²) in [6, 6.07) is 0. The minimum Gasteiger partial charge on any atom is -0.459 e. The highest BCUT2D eigenvalue weighted by molar-refractivity contribution is 5.72. The molecule has 94 valence electrons. The number of ether oxygens (including phenoxy) is 1. The lowest BCUT2D eigenvalue weighted by Gasteiger charge is -2.28. The van der Waals surface area contributed by atoms with Crippen LogP contribution in [0.1, 0.15) is 66.7 Å². The maximum Gasteiger partial charge on any atom is 0.309 e. The SMILES string of the molecule is CC(CC(C)(C)C)C(=O)OC1(C)CCCC1. The topological polar surface area (TPSA) is 26.3 Å². The molecule has 1 rings (SSSR count). The van der Waals surface area contributed by atoms with Crippen molar-refractivity contribution < 1.29 is 9.53 Å². The van der Waals surface area contributed by atoms with E-state index in [1.54, 1.807) is 0 Å². The molecule has 1 atom stereocenters. The van der Waals surface area contributed by atoms with Gasteiger partial charge in [0.1, 0.15) is 5.60 Å². The van der Waals surface area contributed by atoms with Crippen LogP contribution in [0, 0.1) is 11.3 Å². The van der Waals surface area contributed by atoms with Crippen molar-refractivity contribution in [3.05, 3.63) is 0 Å². The monoisotopic (exact) mass is 226 g/mol. The molecule has 0 aromatic rings. The van der Waals surface area contributed by atoms with Crippen LogP contribution < -0.4 is 0 Å². The van der Waals surface area contributed by atoms with Crippen molar-refractivity contribution in [1.82, 2.24) is 0 Å². The molecule has 0 N–H and O–H groups in total. The fraction of sp³-hybridized carbons (Fsp3) is 0.929. The zero-order valence-electron chi connectivity index (χ0n) is 11.4. The molecule has 1 aliphatic rings. The van der Waals surface area contributed by atoms with Gasteiger partial charge in [-0.25, -0.2) is 0 Å². The molecule has 2 nitrogen and oxygen atoms in total. The van der Waals surface area contributed by atoms with Gasteiger partial charge in [-0.15, -0.1) is 0 Å². The molecule has 1 saturated carbocycles. The Balaban J connectivity index is 2.45. The van der Waals surface area contributed by atoms with E-state index in [-0.39, 0.29) is 22.9 Å². The Kier molecular flexibility index (Phi) is 4.03. The minimum atomic E-state index is -0.177. The number of esters is 1. The lowest BCUT2D eigenvalue weighted by atomic mass is 9.85. The number of hydrogen-bond acceptors (Lipinski definition) is 2. The molecule has 1 fully saturated rings. The van der Waals surface area contributed by atoms with Crippen LogP contribution in [0.15, 0.2) is 0 Å². The molecule has 2 heteroatoms. The molecule has 1 unspecified atom stereocenters. The molecule has 0 amide bonds. The van der Waals surface area contributed by atoms with Gasteiger partial charge < -0.3 is 4.74 Å². The highest BCUT2D eigenvalue weighted by Gasteiger charge is 2.34. The average Bonchev–Trinajstić information content (AvgIpc) is 2.48. The standard InChI is InChI=1S/C14H26O2/c1-11(10-13(2,3)4)12(15)16-14(5)8-6-7-9-14/h11H,6-10H2,1-5H3. The van der Waals surface area contributed by atoms with Crippen molar-refractivity contribution in [2.24, 2.45) is 11.3 Å². The van der Waals surface area contributed by atoms with Gasteiger partial charge in [0.05, 0.1) is 5.92 Å². The Morgan fingerprint density at radius 2 is 1.81 bits per heavy atom. The van der Waals surface area contributed by atoms with E-state index in [0.29, 0.717) is 0 Å². The van der Waals surface area contributed by atoms with E-state index in [9.17, 15) is 4.79 Å². The summed E-state index contributed by atoms with van der Waals surface area (Å²) in [7, 11) is 0. The van der Waals surface area contributed by atoms with Gasteiger partial charge in [-0.3, -0.25) is 4.79 Å². The summed E-state index contributed by atoms with van der Waals surface area (Å²) in [5.41, 5.74) is 0.0121. The predicted molar refractivity (Wildman–Crippen MR) is 66.2 cm³/mol. The second-order valence-electron chi connectivity index (χ2n) is 6.74. The fourth-order valence-electron chi connectivity index (χ4n) is 2.57. The van der Waals surface area contributed by atoms with Gasteiger partial charge in [0, 0.05) is 0 Å². The van der Waals surface area contributed by atoms with Gasteiger partial charge in [0.15, 0.2) is 0 Å². The highest BCUT2D eigenvalue weighted by atomic mass is 16.6. The lowest BCUT2D eigenvalue weighted by molar-refractivity contribution is -0.163. The zero-order valence-corrected chi connectivity index (χ0v) is 11.4. The van der Waals surface area contributed by atoms with Crippen LogP contribution in [0.2, 0.25) is 0 Å². The first-order chi connectivity index (χ1) is 7.22. The summed E-state index contributed by atoms with van der Waals surface area (Å²) in [5.74, 6) is -0.00301. The third kappa shape index (κ3) is 4.15. The van der Waals surface area contributed by atoms with E-state index in [0.717, 1.165) is 19.3 Å². The van der Waals surface area contributed by atoms with E-state index in [1.165, 1.54) is 12.8 Å².